The summed E-state index contributed by atoms with van der Waals surface area (Å²) in [4.78, 5) is 0. The minimum atomic E-state index is 0.635. The summed E-state index contributed by atoms with van der Waals surface area (Å²) in [7, 11) is 0. The minimum absolute atomic E-state index is 0.635. The van der Waals surface area contributed by atoms with E-state index >= 15 is 0 Å². The molecule has 1 atom stereocenters. The number of hydrogen-bond acceptors (Lipinski definition) is 2. The molecule has 0 aromatic rings. The van der Waals surface area contributed by atoms with Gasteiger partial charge in [-0.3, -0.25) is 0 Å². The maximum atomic E-state index is 5.39. The summed E-state index contributed by atoms with van der Waals surface area (Å²) in [5, 5.41) is 3.30. The number of halogens is 1. The Morgan fingerprint density at radius 2 is 2.55 bits per heavy atom. The first-order chi connectivity index (χ1) is 5.29. The summed E-state index contributed by atoms with van der Waals surface area (Å²) in [6.45, 7) is 7.44. The molecule has 1 unspecified atom stereocenters. The van der Waals surface area contributed by atoms with Crippen molar-refractivity contribution in [3.63, 3.8) is 0 Å². The molecule has 0 aliphatic carbocycles. The second-order valence-electron chi connectivity index (χ2n) is 2.89. The van der Waals surface area contributed by atoms with E-state index in [1.807, 2.05) is 0 Å². The molecule has 11 heavy (non-hydrogen) atoms. The molecule has 1 saturated heterocycles. The van der Waals surface area contributed by atoms with Gasteiger partial charge < -0.3 is 10.1 Å². The molecule has 1 aliphatic rings. The van der Waals surface area contributed by atoms with Crippen molar-refractivity contribution < 1.29 is 4.74 Å². The first-order valence-electron chi connectivity index (χ1n) is 3.91. The van der Waals surface area contributed by atoms with E-state index in [2.05, 4.69) is 27.8 Å². The third kappa shape index (κ3) is 3.89. The lowest BCUT2D eigenvalue weighted by molar-refractivity contribution is 0.128. The molecule has 1 fully saturated rings. The molecule has 3 heteroatoms. The van der Waals surface area contributed by atoms with Crippen LogP contribution in [0, 0.1) is 5.92 Å². The molecule has 0 bridgehead atoms. The Balaban J connectivity index is 1.98. The van der Waals surface area contributed by atoms with E-state index < -0.39 is 0 Å². The predicted octanol–water partition coefficient (Wildman–Crippen LogP) is 1.52. The van der Waals surface area contributed by atoms with Crippen LogP contribution < -0.4 is 5.32 Å². The molecule has 0 saturated carbocycles. The lowest BCUT2D eigenvalue weighted by Gasteiger charge is -2.07. The van der Waals surface area contributed by atoms with Gasteiger partial charge in [0.15, 0.2) is 0 Å². The van der Waals surface area contributed by atoms with Crippen LogP contribution in [0.4, 0.5) is 0 Å². The summed E-state index contributed by atoms with van der Waals surface area (Å²) in [5.41, 5.74) is 0. The molecule has 1 rings (SSSR count). The fraction of sp³-hybridized carbons (Fsp3) is 0.750. The van der Waals surface area contributed by atoms with Crippen molar-refractivity contribution in [2.75, 3.05) is 26.3 Å². The summed E-state index contributed by atoms with van der Waals surface area (Å²) in [5.74, 6) is 0.710. The fourth-order valence-corrected chi connectivity index (χ4v) is 1.35. The van der Waals surface area contributed by atoms with Crippen molar-refractivity contribution in [3.8, 4) is 0 Å². The number of hydrogen-bond donors (Lipinski definition) is 1. The highest BCUT2D eigenvalue weighted by Gasteiger charge is 2.13. The smallest absolute Gasteiger partial charge is 0.0776 e. The van der Waals surface area contributed by atoms with Gasteiger partial charge in [0.1, 0.15) is 0 Å². The van der Waals surface area contributed by atoms with Crippen molar-refractivity contribution in [1.29, 1.82) is 0 Å². The SMILES string of the molecule is C=C(Br)COCC1CCNC1. The van der Waals surface area contributed by atoms with Crippen molar-refractivity contribution in [1.82, 2.24) is 5.32 Å². The van der Waals surface area contributed by atoms with Gasteiger partial charge in [0.05, 0.1) is 13.2 Å². The Kier molecular flexibility index (Phi) is 4.12. The van der Waals surface area contributed by atoms with E-state index in [4.69, 9.17) is 4.74 Å². The average Bonchev–Trinajstić information content (AvgIpc) is 2.39. The number of ether oxygens (including phenoxy) is 1. The van der Waals surface area contributed by atoms with Crippen LogP contribution in [0.15, 0.2) is 11.1 Å². The molecule has 2 nitrogen and oxygen atoms in total. The summed E-state index contributed by atoms with van der Waals surface area (Å²) in [6.07, 6.45) is 1.24. The van der Waals surface area contributed by atoms with Gasteiger partial charge >= 0.3 is 0 Å². The first kappa shape index (κ1) is 9.23. The Labute approximate surface area is 76.1 Å². The normalized spacial score (nSPS) is 23.9. The quantitative estimate of drug-likeness (QED) is 0.775. The van der Waals surface area contributed by atoms with Gasteiger partial charge in [-0.25, -0.2) is 0 Å². The van der Waals surface area contributed by atoms with Gasteiger partial charge in [-0.1, -0.05) is 22.5 Å². The molecule has 0 aromatic heterocycles. The maximum Gasteiger partial charge on any atom is 0.0776 e. The van der Waals surface area contributed by atoms with Crippen LogP contribution in [-0.2, 0) is 4.74 Å². The zero-order valence-corrected chi connectivity index (χ0v) is 8.19. The van der Waals surface area contributed by atoms with Gasteiger partial charge in [0.2, 0.25) is 0 Å². The topological polar surface area (TPSA) is 21.3 Å². The van der Waals surface area contributed by atoms with E-state index in [0.717, 1.165) is 24.2 Å². The van der Waals surface area contributed by atoms with E-state index in [1.54, 1.807) is 0 Å². The molecule has 1 aliphatic heterocycles. The molecular formula is C8H14BrNO. The zero-order chi connectivity index (χ0) is 8.10. The predicted molar refractivity (Wildman–Crippen MR) is 49.9 cm³/mol. The van der Waals surface area contributed by atoms with E-state index in [9.17, 15) is 0 Å². The molecule has 0 radical (unpaired) electrons. The lowest BCUT2D eigenvalue weighted by Crippen LogP contribution is -2.14. The number of nitrogens with one attached hydrogen (secondary N) is 1. The van der Waals surface area contributed by atoms with Crippen molar-refractivity contribution in [2.45, 2.75) is 6.42 Å². The second kappa shape index (κ2) is 4.91. The van der Waals surface area contributed by atoms with Crippen LogP contribution in [0.2, 0.25) is 0 Å². The largest absolute Gasteiger partial charge is 0.376 e. The maximum absolute atomic E-state index is 5.39. The van der Waals surface area contributed by atoms with Gasteiger partial charge in [-0.05, 0) is 18.9 Å². The molecule has 0 amide bonds. The third-order valence-corrected chi connectivity index (χ3v) is 2.00. The lowest BCUT2D eigenvalue weighted by atomic mass is 10.1. The standard InChI is InChI=1S/C8H14BrNO/c1-7(9)5-11-6-8-2-3-10-4-8/h8,10H,1-6H2. The molecule has 1 heterocycles. The molecule has 0 aromatic carbocycles. The summed E-state index contributed by atoms with van der Waals surface area (Å²) in [6, 6.07) is 0. The van der Waals surface area contributed by atoms with Crippen molar-refractivity contribution in [3.05, 3.63) is 11.1 Å². The van der Waals surface area contributed by atoms with Crippen LogP contribution >= 0.6 is 15.9 Å². The molecule has 0 spiro atoms. The highest BCUT2D eigenvalue weighted by Crippen LogP contribution is 2.09. The second-order valence-corrected chi connectivity index (χ2v) is 4.01. The van der Waals surface area contributed by atoms with Gasteiger partial charge in [0, 0.05) is 11.0 Å². The Hall–Kier alpha value is 0.140. The van der Waals surface area contributed by atoms with E-state index in [0.29, 0.717) is 12.5 Å². The Morgan fingerprint density at radius 3 is 3.09 bits per heavy atom. The van der Waals surface area contributed by atoms with Crippen molar-refractivity contribution in [2.24, 2.45) is 5.92 Å². The van der Waals surface area contributed by atoms with Crippen molar-refractivity contribution >= 4 is 15.9 Å². The van der Waals surface area contributed by atoms with Crippen LogP contribution in [0.3, 0.4) is 0 Å². The summed E-state index contributed by atoms with van der Waals surface area (Å²) >= 11 is 3.25. The van der Waals surface area contributed by atoms with E-state index in [-0.39, 0.29) is 0 Å². The van der Waals surface area contributed by atoms with Gasteiger partial charge in [-0.15, -0.1) is 0 Å². The number of rotatable bonds is 4. The van der Waals surface area contributed by atoms with Crippen LogP contribution in [0.25, 0.3) is 0 Å². The van der Waals surface area contributed by atoms with Gasteiger partial charge in [0.25, 0.3) is 0 Å². The van der Waals surface area contributed by atoms with E-state index in [1.165, 1.54) is 6.42 Å². The van der Waals surface area contributed by atoms with Crippen LogP contribution in [0.1, 0.15) is 6.42 Å². The molecular weight excluding hydrogens is 206 g/mol. The highest BCUT2D eigenvalue weighted by atomic mass is 79.9. The third-order valence-electron chi connectivity index (χ3n) is 1.77. The molecule has 1 N–H and O–H groups in total. The Bertz CT molecular complexity index is 132. The van der Waals surface area contributed by atoms with Crippen LogP contribution in [-0.4, -0.2) is 26.3 Å². The average molecular weight is 220 g/mol. The minimum Gasteiger partial charge on any atom is -0.376 e. The first-order valence-corrected chi connectivity index (χ1v) is 4.70. The van der Waals surface area contributed by atoms with Crippen LogP contribution in [0.5, 0.6) is 0 Å². The van der Waals surface area contributed by atoms with Gasteiger partial charge in [-0.2, -0.15) is 0 Å². The molecule has 64 valence electrons. The zero-order valence-electron chi connectivity index (χ0n) is 6.61. The fourth-order valence-electron chi connectivity index (χ4n) is 1.19. The monoisotopic (exact) mass is 219 g/mol. The highest BCUT2D eigenvalue weighted by molar-refractivity contribution is 9.11. The summed E-state index contributed by atoms with van der Waals surface area (Å²) < 4.78 is 6.31. The Morgan fingerprint density at radius 1 is 1.73 bits per heavy atom.